The van der Waals surface area contributed by atoms with Crippen LogP contribution in [-0.2, 0) is 6.54 Å². The molecule has 1 unspecified atom stereocenters. The first-order valence-corrected chi connectivity index (χ1v) is 8.12. The van der Waals surface area contributed by atoms with E-state index in [1.807, 2.05) is 24.3 Å². The SMILES string of the molecule is CN=C(NCc1ccc(C#N)cc1)NCC(C)c1ccc(C)cc1. The van der Waals surface area contributed by atoms with Crippen LogP contribution in [0.2, 0.25) is 0 Å². The van der Waals surface area contributed by atoms with Crippen molar-refractivity contribution in [1.82, 2.24) is 10.6 Å². The monoisotopic (exact) mass is 320 g/mol. The van der Waals surface area contributed by atoms with Gasteiger partial charge in [-0.05, 0) is 36.1 Å². The Bertz CT molecular complexity index is 709. The van der Waals surface area contributed by atoms with E-state index in [1.165, 1.54) is 11.1 Å². The van der Waals surface area contributed by atoms with Crippen molar-refractivity contribution in [2.24, 2.45) is 4.99 Å². The number of aliphatic imine (C=N–C) groups is 1. The molecule has 0 saturated heterocycles. The van der Waals surface area contributed by atoms with Crippen LogP contribution in [0.15, 0.2) is 53.5 Å². The molecule has 0 fully saturated rings. The number of aryl methyl sites for hydroxylation is 1. The molecule has 0 radical (unpaired) electrons. The van der Waals surface area contributed by atoms with Crippen molar-refractivity contribution >= 4 is 5.96 Å². The average Bonchev–Trinajstić information content (AvgIpc) is 2.62. The molecule has 4 heteroatoms. The maximum absolute atomic E-state index is 8.82. The third-order valence-electron chi connectivity index (χ3n) is 3.99. The Kier molecular flexibility index (Phi) is 6.39. The van der Waals surface area contributed by atoms with E-state index in [2.05, 4.69) is 59.8 Å². The lowest BCUT2D eigenvalue weighted by Gasteiger charge is -2.16. The smallest absolute Gasteiger partial charge is 0.191 e. The molecule has 0 amide bonds. The zero-order valence-corrected chi connectivity index (χ0v) is 14.5. The molecule has 0 heterocycles. The van der Waals surface area contributed by atoms with Crippen LogP contribution < -0.4 is 10.6 Å². The second-order valence-corrected chi connectivity index (χ2v) is 5.93. The highest BCUT2D eigenvalue weighted by Gasteiger charge is 2.06. The highest BCUT2D eigenvalue weighted by Crippen LogP contribution is 2.14. The number of rotatable bonds is 5. The van der Waals surface area contributed by atoms with Crippen molar-refractivity contribution in [2.45, 2.75) is 26.3 Å². The summed E-state index contributed by atoms with van der Waals surface area (Å²) in [4.78, 5) is 4.26. The molecule has 1 atom stereocenters. The Labute approximate surface area is 144 Å². The molecule has 0 aromatic heterocycles. The van der Waals surface area contributed by atoms with Crippen LogP contribution in [0.5, 0.6) is 0 Å². The maximum Gasteiger partial charge on any atom is 0.191 e. The van der Waals surface area contributed by atoms with Crippen molar-refractivity contribution in [2.75, 3.05) is 13.6 Å². The standard InChI is InChI=1S/C20H24N4/c1-15-4-10-19(11-5-15)16(2)13-23-20(22-3)24-14-18-8-6-17(12-21)7-9-18/h4-11,16H,13-14H2,1-3H3,(H2,22,23,24). The fourth-order valence-electron chi connectivity index (χ4n) is 2.37. The summed E-state index contributed by atoms with van der Waals surface area (Å²) < 4.78 is 0. The highest BCUT2D eigenvalue weighted by molar-refractivity contribution is 5.79. The third kappa shape index (κ3) is 5.13. The Balaban J connectivity index is 1.83. The van der Waals surface area contributed by atoms with Gasteiger partial charge in [0.1, 0.15) is 0 Å². The van der Waals surface area contributed by atoms with Gasteiger partial charge in [-0.25, -0.2) is 0 Å². The molecule has 0 spiro atoms. The van der Waals surface area contributed by atoms with E-state index < -0.39 is 0 Å². The zero-order valence-electron chi connectivity index (χ0n) is 14.5. The van der Waals surface area contributed by atoms with E-state index in [0.29, 0.717) is 18.0 Å². The van der Waals surface area contributed by atoms with E-state index in [4.69, 9.17) is 5.26 Å². The van der Waals surface area contributed by atoms with Gasteiger partial charge in [0.15, 0.2) is 5.96 Å². The third-order valence-corrected chi connectivity index (χ3v) is 3.99. The summed E-state index contributed by atoms with van der Waals surface area (Å²) in [6.07, 6.45) is 0. The number of guanidine groups is 1. The number of hydrogen-bond acceptors (Lipinski definition) is 2. The molecule has 2 N–H and O–H groups in total. The molecule has 4 nitrogen and oxygen atoms in total. The fourth-order valence-corrected chi connectivity index (χ4v) is 2.37. The fraction of sp³-hybridized carbons (Fsp3) is 0.300. The van der Waals surface area contributed by atoms with Crippen molar-refractivity contribution in [1.29, 1.82) is 5.26 Å². The first kappa shape index (κ1) is 17.6. The second kappa shape index (κ2) is 8.73. The Morgan fingerprint density at radius 1 is 1.08 bits per heavy atom. The van der Waals surface area contributed by atoms with Gasteiger partial charge < -0.3 is 10.6 Å². The summed E-state index contributed by atoms with van der Waals surface area (Å²) in [6.45, 7) is 5.79. The molecule has 2 aromatic carbocycles. The molecule has 0 bridgehead atoms. The van der Waals surface area contributed by atoms with E-state index in [0.717, 1.165) is 18.1 Å². The minimum atomic E-state index is 0.402. The van der Waals surface area contributed by atoms with E-state index in [1.54, 1.807) is 7.05 Å². The van der Waals surface area contributed by atoms with Gasteiger partial charge in [0.25, 0.3) is 0 Å². The number of nitriles is 1. The van der Waals surface area contributed by atoms with Gasteiger partial charge in [0, 0.05) is 20.1 Å². The normalized spacial score (nSPS) is 12.3. The zero-order chi connectivity index (χ0) is 17.4. The maximum atomic E-state index is 8.82. The van der Waals surface area contributed by atoms with Gasteiger partial charge in [-0.3, -0.25) is 4.99 Å². The van der Waals surface area contributed by atoms with Crippen LogP contribution in [0, 0.1) is 18.3 Å². The van der Waals surface area contributed by atoms with Gasteiger partial charge in [-0.15, -0.1) is 0 Å². The molecule has 0 aliphatic rings. The first-order valence-electron chi connectivity index (χ1n) is 8.12. The predicted molar refractivity (Wildman–Crippen MR) is 99.0 cm³/mol. The van der Waals surface area contributed by atoms with Crippen LogP contribution in [0.25, 0.3) is 0 Å². The van der Waals surface area contributed by atoms with Crippen molar-refractivity contribution < 1.29 is 0 Å². The summed E-state index contributed by atoms with van der Waals surface area (Å²) in [6, 6.07) is 18.3. The van der Waals surface area contributed by atoms with Gasteiger partial charge in [0.2, 0.25) is 0 Å². The Hall–Kier alpha value is -2.80. The summed E-state index contributed by atoms with van der Waals surface area (Å²) in [5.74, 6) is 1.18. The number of benzene rings is 2. The lowest BCUT2D eigenvalue weighted by atomic mass is 10.0. The Morgan fingerprint density at radius 3 is 2.33 bits per heavy atom. The van der Waals surface area contributed by atoms with E-state index in [9.17, 15) is 0 Å². The van der Waals surface area contributed by atoms with Gasteiger partial charge in [-0.1, -0.05) is 48.9 Å². The van der Waals surface area contributed by atoms with Crippen molar-refractivity contribution in [3.63, 3.8) is 0 Å². The molecule has 124 valence electrons. The van der Waals surface area contributed by atoms with Crippen LogP contribution in [0.4, 0.5) is 0 Å². The number of nitrogens with zero attached hydrogens (tertiary/aromatic N) is 2. The molecule has 24 heavy (non-hydrogen) atoms. The highest BCUT2D eigenvalue weighted by atomic mass is 15.2. The number of nitrogens with one attached hydrogen (secondary N) is 2. The lowest BCUT2D eigenvalue weighted by molar-refractivity contribution is 0.698. The largest absolute Gasteiger partial charge is 0.356 e. The summed E-state index contributed by atoms with van der Waals surface area (Å²) >= 11 is 0. The molecule has 2 aromatic rings. The average molecular weight is 320 g/mol. The predicted octanol–water partition coefficient (Wildman–Crippen LogP) is 3.34. The van der Waals surface area contributed by atoms with Crippen LogP contribution in [0.3, 0.4) is 0 Å². The van der Waals surface area contributed by atoms with Crippen molar-refractivity contribution in [3.8, 4) is 6.07 Å². The minimum Gasteiger partial charge on any atom is -0.356 e. The van der Waals surface area contributed by atoms with Crippen molar-refractivity contribution in [3.05, 3.63) is 70.8 Å². The molecule has 0 aliphatic heterocycles. The molecule has 0 saturated carbocycles. The van der Waals surface area contributed by atoms with Gasteiger partial charge in [-0.2, -0.15) is 5.26 Å². The second-order valence-electron chi connectivity index (χ2n) is 5.93. The molecular formula is C20H24N4. The number of hydrogen-bond donors (Lipinski definition) is 2. The summed E-state index contributed by atoms with van der Waals surface area (Å²) in [7, 11) is 1.77. The van der Waals surface area contributed by atoms with Gasteiger partial charge in [0.05, 0.1) is 11.6 Å². The first-order chi connectivity index (χ1) is 11.6. The molecular weight excluding hydrogens is 296 g/mol. The van der Waals surface area contributed by atoms with Crippen LogP contribution in [-0.4, -0.2) is 19.6 Å². The Morgan fingerprint density at radius 2 is 1.75 bits per heavy atom. The summed E-state index contributed by atoms with van der Waals surface area (Å²) in [5, 5.41) is 15.5. The van der Waals surface area contributed by atoms with Crippen LogP contribution >= 0.6 is 0 Å². The topological polar surface area (TPSA) is 60.2 Å². The van der Waals surface area contributed by atoms with Gasteiger partial charge >= 0.3 is 0 Å². The minimum absolute atomic E-state index is 0.402. The van der Waals surface area contributed by atoms with E-state index in [-0.39, 0.29) is 0 Å². The quantitative estimate of drug-likeness (QED) is 0.656. The van der Waals surface area contributed by atoms with Crippen LogP contribution in [0.1, 0.15) is 35.1 Å². The molecule has 0 aliphatic carbocycles. The lowest BCUT2D eigenvalue weighted by Crippen LogP contribution is -2.38. The summed E-state index contributed by atoms with van der Waals surface area (Å²) in [5.41, 5.74) is 4.38. The van der Waals surface area contributed by atoms with E-state index >= 15 is 0 Å². The molecule has 2 rings (SSSR count).